The zero-order valence-corrected chi connectivity index (χ0v) is 25.5. The minimum absolute atomic E-state index is 0. The van der Waals surface area contributed by atoms with E-state index in [0.29, 0.717) is 0 Å². The second kappa shape index (κ2) is 19.8. The fourth-order valence-corrected chi connectivity index (χ4v) is 2.10. The number of thiol groups is 1. The van der Waals surface area contributed by atoms with Crippen molar-refractivity contribution in [3.05, 3.63) is 6.42 Å². The Bertz CT molecular complexity index is 777. The van der Waals surface area contributed by atoms with E-state index in [-0.39, 0.29) is 49.7 Å². The number of nitrogens with one attached hydrogen (secondary N) is 4. The van der Waals surface area contributed by atoms with E-state index in [9.17, 15) is 33.6 Å². The molecule has 0 bridgehead atoms. The van der Waals surface area contributed by atoms with Crippen LogP contribution in [0.5, 0.6) is 0 Å². The first-order valence-electron chi connectivity index (χ1n) is 10.0. The number of carbonyl (C=O) groups excluding carboxylic acids is 7. The zero-order valence-electron chi connectivity index (χ0n) is 20.0. The largest absolute Gasteiger partial charge is 0.540 e. The molecule has 0 fully saturated rings. The summed E-state index contributed by atoms with van der Waals surface area (Å²) in [6, 6.07) is -4.98. The molecule has 0 aliphatic heterocycles. The first-order valence-corrected chi connectivity index (χ1v) is 10.1. The second-order valence-corrected chi connectivity index (χ2v) is 7.44. The normalized spacial score (nSPS) is 14.4. The minimum atomic E-state index is -1.46. The van der Waals surface area contributed by atoms with E-state index in [2.05, 4.69) is 33.9 Å². The van der Waals surface area contributed by atoms with Gasteiger partial charge in [-0.1, -0.05) is 13.0 Å². The molecule has 4 N–H and O–H groups in total. The van der Waals surface area contributed by atoms with Gasteiger partial charge in [0.15, 0.2) is 0 Å². The smallest absolute Gasteiger partial charge is 0.308 e. The van der Waals surface area contributed by atoms with Gasteiger partial charge >= 0.3 is 5.97 Å². The van der Waals surface area contributed by atoms with E-state index in [1.54, 1.807) is 0 Å². The van der Waals surface area contributed by atoms with Gasteiger partial charge < -0.3 is 46.8 Å². The second-order valence-electron chi connectivity index (χ2n) is 6.67. The van der Waals surface area contributed by atoms with Crippen molar-refractivity contribution in [1.82, 2.24) is 21.3 Å². The van der Waals surface area contributed by atoms with Crippen LogP contribution in [0.3, 0.4) is 0 Å². The van der Waals surface area contributed by atoms with Gasteiger partial charge in [-0.15, -0.1) is 0 Å². The molecule has 0 saturated heterocycles. The predicted molar refractivity (Wildman–Crippen MR) is 115 cm³/mol. The summed E-state index contributed by atoms with van der Waals surface area (Å²) in [6.45, 7) is 4.80. The Morgan fingerprint density at radius 2 is 1.59 bits per heavy atom. The Hall–Kier alpha value is -1.45. The number of ether oxygens (including phenoxy) is 1. The number of amides is 4. The van der Waals surface area contributed by atoms with E-state index in [1.807, 2.05) is 0 Å². The molecular formula is C19H28N4O8SUV-2. The molecule has 0 saturated carbocycles. The summed E-state index contributed by atoms with van der Waals surface area (Å²) in [6.07, 6.45) is 0.891. The molecule has 0 spiro atoms. The Labute approximate surface area is 240 Å². The molecule has 15 heteroatoms. The molecule has 0 aliphatic rings. The minimum Gasteiger partial charge on any atom is -0.540 e. The maximum atomic E-state index is 12.4. The van der Waals surface area contributed by atoms with Crippen LogP contribution >= 0.6 is 12.6 Å². The number of carbonyl (C=O) groups is 6. The summed E-state index contributed by atoms with van der Waals surface area (Å²) in [4.78, 5) is 82.2. The molecule has 4 amide bonds. The van der Waals surface area contributed by atoms with Gasteiger partial charge in [0.25, 0.3) is 0 Å². The maximum absolute atomic E-state index is 12.4. The van der Waals surface area contributed by atoms with E-state index in [0.717, 1.165) is 6.42 Å². The molecule has 5 unspecified atom stereocenters. The van der Waals surface area contributed by atoms with Gasteiger partial charge in [-0.25, -0.2) is 6.29 Å². The summed E-state index contributed by atoms with van der Waals surface area (Å²) < 4.78 is 12.0. The Kier molecular flexibility index (Phi) is 20.2. The molecule has 0 aromatic carbocycles. The number of hydrogen-bond donors (Lipinski definition) is 5. The van der Waals surface area contributed by atoms with E-state index >= 15 is 0 Å². The van der Waals surface area contributed by atoms with Gasteiger partial charge in [0.2, 0.25) is 17.7 Å². The summed E-state index contributed by atoms with van der Waals surface area (Å²) in [5, 5.41) is 8.18. The van der Waals surface area contributed by atoms with Crippen LogP contribution in [0.1, 0.15) is 35.5 Å². The third kappa shape index (κ3) is 15.4. The third-order valence-electron chi connectivity index (χ3n) is 3.76. The van der Waals surface area contributed by atoms with Crippen molar-refractivity contribution in [3.63, 3.8) is 0 Å². The maximum Gasteiger partial charge on any atom is 0.308 e. The number of esters is 1. The fourth-order valence-electron chi connectivity index (χ4n) is 2.03. The number of hydrogen-bond acceptors (Lipinski definition) is 9. The van der Waals surface area contributed by atoms with Crippen molar-refractivity contribution in [3.8, 4) is 0 Å². The van der Waals surface area contributed by atoms with Gasteiger partial charge in [0, 0.05) is 49.7 Å². The Balaban J connectivity index is -0.00000512. The van der Waals surface area contributed by atoms with Crippen LogP contribution < -0.4 is 21.3 Å². The molecule has 34 heavy (non-hydrogen) atoms. The standard InChI is InChI=1S/C19H28N4O8S.U.V/c1-5-15(26)22-14(19(30)21-11(3)8-25)9-31-16(27)6-13(23-17(28)12(4)32)18(29)20-10(2)7-24;;/h5,7,10-14,32H,6,9H2,1-4H3,(H,20,29)(H,21,30)(H,22,26)(H,23,28);;/q-2;;/i7T;;. The monoisotopic (exact) mass is 763 g/mol. The molecule has 0 aromatic heterocycles. The van der Waals surface area contributed by atoms with Crippen LogP contribution in [0.15, 0.2) is 0 Å². The van der Waals surface area contributed by atoms with Gasteiger partial charge in [0.1, 0.15) is 26.3 Å². The van der Waals surface area contributed by atoms with Crippen molar-refractivity contribution in [2.75, 3.05) is 6.61 Å². The van der Waals surface area contributed by atoms with E-state index in [4.69, 9.17) is 6.11 Å². The first kappa shape index (κ1) is 34.7. The molecule has 12 nitrogen and oxygen atoms in total. The van der Waals surface area contributed by atoms with Crippen molar-refractivity contribution >= 4 is 54.8 Å². The van der Waals surface area contributed by atoms with Crippen LogP contribution in [0.25, 0.3) is 0 Å². The molecule has 189 valence electrons. The van der Waals surface area contributed by atoms with Crippen molar-refractivity contribution in [2.45, 2.75) is 63.5 Å². The first-order chi connectivity index (χ1) is 15.3. The number of aldehydes is 1. The zero-order chi connectivity index (χ0) is 25.7. The molecule has 0 heterocycles. The topological polar surface area (TPSA) is 177 Å². The van der Waals surface area contributed by atoms with Crippen molar-refractivity contribution in [1.29, 1.82) is 0 Å². The van der Waals surface area contributed by atoms with Gasteiger partial charge in [0.05, 0.1) is 23.6 Å². The Morgan fingerprint density at radius 3 is 2.06 bits per heavy atom. The molecule has 0 aliphatic carbocycles. The van der Waals surface area contributed by atoms with Crippen LogP contribution in [-0.4, -0.2) is 78.2 Å². The van der Waals surface area contributed by atoms with Crippen LogP contribution in [0.2, 0.25) is 0 Å². The van der Waals surface area contributed by atoms with Crippen LogP contribution in [0, 0.1) is 37.5 Å². The van der Waals surface area contributed by atoms with Crippen molar-refractivity contribution in [2.24, 2.45) is 0 Å². The van der Waals surface area contributed by atoms with E-state index in [1.165, 1.54) is 34.0 Å². The summed E-state index contributed by atoms with van der Waals surface area (Å²) >= 11 is 3.94. The molecular weight excluding hydrogens is 733 g/mol. The number of rotatable bonds is 14. The van der Waals surface area contributed by atoms with E-state index < -0.39 is 78.3 Å². The fraction of sp³-hybridized carbons (Fsp3) is 0.579. The third-order valence-corrected chi connectivity index (χ3v) is 3.99. The summed E-state index contributed by atoms with van der Waals surface area (Å²) in [5.74, 6) is -4.08. The Morgan fingerprint density at radius 1 is 1.03 bits per heavy atom. The summed E-state index contributed by atoms with van der Waals surface area (Å²) in [7, 11) is 0. The van der Waals surface area contributed by atoms with Crippen LogP contribution in [0.4, 0.5) is 0 Å². The van der Waals surface area contributed by atoms with Crippen molar-refractivity contribution < 1.29 is 89.3 Å². The van der Waals surface area contributed by atoms with Gasteiger partial charge in [-0.3, -0.25) is 19.2 Å². The summed E-state index contributed by atoms with van der Waals surface area (Å²) in [5.41, 5.74) is 0. The molecule has 0 rings (SSSR count). The molecule has 5 atom stereocenters. The van der Waals surface area contributed by atoms with Crippen LogP contribution in [-0.2, 0) is 56.9 Å². The SMILES string of the molecule is [3H]C(=O)C(C)NC(=O)C(CC(=O)OCC(NC(=O)[CH-]C)C(=O)NC(C)[C-]=O)NC(=O)C(C)S.[U].[V]. The average molecular weight is 764 g/mol. The molecule has 1 radical (unpaired) electrons. The average Bonchev–Trinajstić information content (AvgIpc) is 2.74. The van der Waals surface area contributed by atoms with Gasteiger partial charge in [-0.2, -0.15) is 19.6 Å². The van der Waals surface area contributed by atoms with Gasteiger partial charge in [-0.05, 0) is 13.8 Å². The quantitative estimate of drug-likeness (QED) is 0.0571. The molecule has 0 aromatic rings. The predicted octanol–water partition coefficient (Wildman–Crippen LogP) is -2.25.